The molecule has 0 bridgehead atoms. The Bertz CT molecular complexity index is 2230. The summed E-state index contributed by atoms with van der Waals surface area (Å²) in [5, 5.41) is 36.4. The molecule has 298 valence electrons. The predicted molar refractivity (Wildman–Crippen MR) is 224 cm³/mol. The minimum atomic E-state index is -0.789. The molecule has 58 heavy (non-hydrogen) atoms. The lowest BCUT2D eigenvalue weighted by molar-refractivity contribution is -0.276. The molecule has 5 atom stereocenters. The molecule has 5 N–H and O–H groups in total. The van der Waals surface area contributed by atoms with E-state index in [0.717, 1.165) is 39.1 Å². The molecule has 0 spiro atoms. The molecule has 2 amide bonds. The van der Waals surface area contributed by atoms with Crippen LogP contribution in [-0.2, 0) is 22.6 Å². The molecule has 0 saturated carbocycles. The van der Waals surface area contributed by atoms with Gasteiger partial charge in [-0.05, 0) is 89.0 Å². The SMILES string of the molecule is C[C@H]1[C@@H](CN(C)C[C@@H](O)c2cccc(O)c2)O[C@@H](c2ccc(-c3ccccc3CNC(=O)Nc3ccc(Oc4ccccc4)cc3)cc2)O[C@H]1c1ccc(CO)cc1. The van der Waals surface area contributed by atoms with Gasteiger partial charge < -0.3 is 45.1 Å². The van der Waals surface area contributed by atoms with Crippen molar-refractivity contribution >= 4 is 11.7 Å². The summed E-state index contributed by atoms with van der Waals surface area (Å²) >= 11 is 0. The molecule has 6 aromatic carbocycles. The fraction of sp³-hybridized carbons (Fsp3) is 0.229. The minimum Gasteiger partial charge on any atom is -0.508 e. The highest BCUT2D eigenvalue weighted by molar-refractivity contribution is 5.89. The quantitative estimate of drug-likeness (QED) is 0.0740. The molecular formula is C48H49N3O7. The lowest BCUT2D eigenvalue weighted by atomic mass is 9.90. The number of nitrogens with one attached hydrogen (secondary N) is 2. The number of benzene rings is 6. The number of likely N-dealkylation sites (N-methyl/N-ethyl adjacent to an activating group) is 1. The summed E-state index contributed by atoms with van der Waals surface area (Å²) in [6.07, 6.45) is -2.00. The van der Waals surface area contributed by atoms with Crippen LogP contribution in [0.25, 0.3) is 11.1 Å². The van der Waals surface area contributed by atoms with Crippen LogP contribution in [0.1, 0.15) is 53.2 Å². The topological polar surface area (TPSA) is 133 Å². The van der Waals surface area contributed by atoms with Crippen LogP contribution < -0.4 is 15.4 Å². The summed E-state index contributed by atoms with van der Waals surface area (Å²) < 4.78 is 19.2. The second-order valence-electron chi connectivity index (χ2n) is 14.7. The molecule has 0 aromatic heterocycles. The van der Waals surface area contributed by atoms with Gasteiger partial charge in [0.1, 0.15) is 17.2 Å². The fourth-order valence-electron chi connectivity index (χ4n) is 7.20. The van der Waals surface area contributed by atoms with Crippen LogP contribution >= 0.6 is 0 Å². The number of carbonyl (C=O) groups is 1. The molecule has 1 aliphatic rings. The van der Waals surface area contributed by atoms with Crippen LogP contribution in [0.5, 0.6) is 17.2 Å². The standard InChI is InChI=1S/C48H49N3O7/c1-32-45(30-51(2)29-44(54)37-10-8-11-40(53)27-37)57-47(58-46(32)35-17-15-33(31-52)16-18-35)36-21-19-34(20-22-36)43-14-7-6-9-38(43)28-49-48(55)50-39-23-25-42(26-24-39)56-41-12-4-3-5-13-41/h3-27,32,44-47,52-54H,28-31H2,1-2H3,(H2,49,50,55)/t32-,44+,45+,46+,47+/m0/s1. The molecule has 1 saturated heterocycles. The highest BCUT2D eigenvalue weighted by atomic mass is 16.7. The van der Waals surface area contributed by atoms with E-state index in [1.807, 2.05) is 127 Å². The molecule has 1 aliphatic heterocycles. The molecular weight excluding hydrogens is 731 g/mol. The zero-order valence-corrected chi connectivity index (χ0v) is 32.6. The van der Waals surface area contributed by atoms with Crippen LogP contribution in [0.15, 0.2) is 152 Å². The van der Waals surface area contributed by atoms with E-state index in [1.165, 1.54) is 0 Å². The number of hydrogen-bond donors (Lipinski definition) is 5. The number of nitrogens with zero attached hydrogens (tertiary/aromatic N) is 1. The van der Waals surface area contributed by atoms with Crippen molar-refractivity contribution in [2.75, 3.05) is 25.5 Å². The zero-order valence-electron chi connectivity index (χ0n) is 32.6. The van der Waals surface area contributed by atoms with Gasteiger partial charge in [0, 0.05) is 36.8 Å². The van der Waals surface area contributed by atoms with Gasteiger partial charge in [-0.1, -0.05) is 110 Å². The number of rotatable bonds is 14. The molecule has 10 nitrogen and oxygen atoms in total. The van der Waals surface area contributed by atoms with Gasteiger partial charge in [-0.25, -0.2) is 4.79 Å². The van der Waals surface area contributed by atoms with Gasteiger partial charge in [0.15, 0.2) is 6.29 Å². The number of hydrogen-bond acceptors (Lipinski definition) is 8. The number of amides is 2. The molecule has 7 rings (SSSR count). The number of aliphatic hydroxyl groups excluding tert-OH is 2. The van der Waals surface area contributed by atoms with E-state index >= 15 is 0 Å². The van der Waals surface area contributed by atoms with Crippen LogP contribution in [0.4, 0.5) is 10.5 Å². The lowest BCUT2D eigenvalue weighted by Crippen LogP contribution is -2.44. The number of anilines is 1. The Morgan fingerprint density at radius 1 is 0.793 bits per heavy atom. The number of carbonyl (C=O) groups excluding carboxylic acids is 1. The van der Waals surface area contributed by atoms with Crippen molar-refractivity contribution in [1.29, 1.82) is 0 Å². The lowest BCUT2D eigenvalue weighted by Gasteiger charge is -2.42. The Labute approximate surface area is 339 Å². The number of urea groups is 1. The Balaban J connectivity index is 1.02. The van der Waals surface area contributed by atoms with Gasteiger partial charge >= 0.3 is 6.03 Å². The Kier molecular flexibility index (Phi) is 13.1. The first-order valence-corrected chi connectivity index (χ1v) is 19.4. The average Bonchev–Trinajstić information content (AvgIpc) is 3.25. The maximum Gasteiger partial charge on any atom is 0.319 e. The molecule has 0 unspecified atom stereocenters. The number of ether oxygens (including phenoxy) is 3. The van der Waals surface area contributed by atoms with E-state index in [-0.39, 0.29) is 36.5 Å². The van der Waals surface area contributed by atoms with Crippen molar-refractivity contribution in [3.63, 3.8) is 0 Å². The minimum absolute atomic E-state index is 0.0404. The monoisotopic (exact) mass is 779 g/mol. The number of aliphatic hydroxyl groups is 2. The third kappa shape index (κ3) is 10.3. The fourth-order valence-corrected chi connectivity index (χ4v) is 7.20. The van der Waals surface area contributed by atoms with Gasteiger partial charge in [-0.2, -0.15) is 0 Å². The Hall–Kier alpha value is -6.01. The van der Waals surface area contributed by atoms with Crippen molar-refractivity contribution in [2.45, 2.75) is 44.7 Å². The maximum absolute atomic E-state index is 12.9. The summed E-state index contributed by atoms with van der Waals surface area (Å²) in [6.45, 7) is 3.26. The Morgan fingerprint density at radius 3 is 2.21 bits per heavy atom. The highest BCUT2D eigenvalue weighted by Gasteiger charge is 2.39. The molecule has 0 radical (unpaired) electrons. The predicted octanol–water partition coefficient (Wildman–Crippen LogP) is 9.12. The zero-order chi connectivity index (χ0) is 40.4. The summed E-state index contributed by atoms with van der Waals surface area (Å²) in [4.78, 5) is 15.0. The molecule has 6 aromatic rings. The van der Waals surface area contributed by atoms with Gasteiger partial charge in [-0.3, -0.25) is 0 Å². The summed E-state index contributed by atoms with van der Waals surface area (Å²) in [5.74, 6) is 1.48. The van der Waals surface area contributed by atoms with Crippen LogP contribution in [0.2, 0.25) is 0 Å². The average molecular weight is 780 g/mol. The normalized spacial score (nSPS) is 18.4. The van der Waals surface area contributed by atoms with Gasteiger partial charge in [-0.15, -0.1) is 0 Å². The van der Waals surface area contributed by atoms with E-state index in [2.05, 4.69) is 17.6 Å². The first-order valence-electron chi connectivity index (χ1n) is 19.4. The van der Waals surface area contributed by atoms with Crippen molar-refractivity contribution in [2.24, 2.45) is 5.92 Å². The third-order valence-electron chi connectivity index (χ3n) is 10.4. The van der Waals surface area contributed by atoms with Gasteiger partial charge in [0.25, 0.3) is 0 Å². The van der Waals surface area contributed by atoms with E-state index in [0.29, 0.717) is 36.6 Å². The first-order chi connectivity index (χ1) is 28.2. The Morgan fingerprint density at radius 2 is 1.48 bits per heavy atom. The van der Waals surface area contributed by atoms with Crippen molar-refractivity contribution in [3.8, 4) is 28.4 Å². The van der Waals surface area contributed by atoms with Crippen molar-refractivity contribution < 1.29 is 34.3 Å². The van der Waals surface area contributed by atoms with E-state index in [1.54, 1.807) is 36.4 Å². The van der Waals surface area contributed by atoms with Crippen molar-refractivity contribution in [3.05, 3.63) is 179 Å². The number of phenols is 1. The summed E-state index contributed by atoms with van der Waals surface area (Å²) in [7, 11) is 1.95. The molecule has 1 heterocycles. The summed E-state index contributed by atoms with van der Waals surface area (Å²) in [6, 6.07) is 47.0. The number of aromatic hydroxyl groups is 1. The van der Waals surface area contributed by atoms with Gasteiger partial charge in [0.05, 0.1) is 24.9 Å². The number of phenolic OH excluding ortho intramolecular Hbond substituents is 1. The van der Waals surface area contributed by atoms with Gasteiger partial charge in [0.2, 0.25) is 0 Å². The van der Waals surface area contributed by atoms with Crippen molar-refractivity contribution in [1.82, 2.24) is 10.2 Å². The second-order valence-corrected chi connectivity index (χ2v) is 14.7. The van der Waals surface area contributed by atoms with E-state index < -0.39 is 12.4 Å². The van der Waals surface area contributed by atoms with Crippen LogP contribution in [0, 0.1) is 5.92 Å². The van der Waals surface area contributed by atoms with E-state index in [4.69, 9.17) is 14.2 Å². The molecule has 10 heteroatoms. The smallest absolute Gasteiger partial charge is 0.319 e. The third-order valence-corrected chi connectivity index (χ3v) is 10.4. The first kappa shape index (κ1) is 40.2. The summed E-state index contributed by atoms with van der Waals surface area (Å²) in [5.41, 5.74) is 6.88. The second kappa shape index (κ2) is 19.0. The largest absolute Gasteiger partial charge is 0.508 e. The molecule has 1 fully saturated rings. The van der Waals surface area contributed by atoms with E-state index in [9.17, 15) is 20.1 Å². The van der Waals surface area contributed by atoms with Crippen LogP contribution in [-0.4, -0.2) is 52.5 Å². The maximum atomic E-state index is 12.9. The number of para-hydroxylation sites is 1. The molecule has 0 aliphatic carbocycles. The van der Waals surface area contributed by atoms with Crippen LogP contribution in [0.3, 0.4) is 0 Å². The highest BCUT2D eigenvalue weighted by Crippen LogP contribution is 2.42.